The van der Waals surface area contributed by atoms with E-state index in [2.05, 4.69) is 28.0 Å². The molecule has 0 aliphatic carbocycles. The summed E-state index contributed by atoms with van der Waals surface area (Å²) in [5, 5.41) is 0.940. The maximum atomic E-state index is 6.33. The van der Waals surface area contributed by atoms with E-state index in [1.807, 2.05) is 12.1 Å². The molecule has 0 saturated carbocycles. The van der Waals surface area contributed by atoms with Gasteiger partial charge in [0.1, 0.15) is 5.76 Å². The van der Waals surface area contributed by atoms with Crippen molar-refractivity contribution in [1.29, 1.82) is 0 Å². The van der Waals surface area contributed by atoms with E-state index in [1.54, 1.807) is 6.26 Å². The quantitative estimate of drug-likeness (QED) is 0.849. The first-order valence-electron chi connectivity index (χ1n) is 8.54. The number of likely N-dealkylation sites (tertiary alicyclic amines) is 1. The lowest BCUT2D eigenvalue weighted by Gasteiger charge is -2.40. The molecule has 4 heteroatoms. The fourth-order valence-corrected chi connectivity index (χ4v) is 4.25. The summed E-state index contributed by atoms with van der Waals surface area (Å²) in [5.74, 6) is 1.07. The van der Waals surface area contributed by atoms with Crippen LogP contribution in [-0.4, -0.2) is 35.5 Å². The van der Waals surface area contributed by atoms with Crippen molar-refractivity contribution in [1.82, 2.24) is 9.80 Å². The summed E-state index contributed by atoms with van der Waals surface area (Å²) < 4.78 is 5.47. The summed E-state index contributed by atoms with van der Waals surface area (Å²) in [7, 11) is 0. The highest BCUT2D eigenvalue weighted by molar-refractivity contribution is 6.31. The van der Waals surface area contributed by atoms with Gasteiger partial charge >= 0.3 is 0 Å². The van der Waals surface area contributed by atoms with Crippen molar-refractivity contribution in [2.45, 2.75) is 38.4 Å². The van der Waals surface area contributed by atoms with Crippen LogP contribution in [0.2, 0.25) is 5.02 Å². The van der Waals surface area contributed by atoms with Crippen LogP contribution in [0.15, 0.2) is 41.0 Å². The largest absolute Gasteiger partial charge is 0.468 e. The molecule has 2 aliphatic heterocycles. The van der Waals surface area contributed by atoms with Crippen LogP contribution in [0, 0.1) is 0 Å². The van der Waals surface area contributed by atoms with Gasteiger partial charge in [-0.1, -0.05) is 23.7 Å². The van der Waals surface area contributed by atoms with Gasteiger partial charge < -0.3 is 4.42 Å². The molecule has 0 spiro atoms. The van der Waals surface area contributed by atoms with Gasteiger partial charge in [-0.3, -0.25) is 9.80 Å². The van der Waals surface area contributed by atoms with Gasteiger partial charge in [-0.2, -0.15) is 0 Å². The average molecular weight is 331 g/mol. The lowest BCUT2D eigenvalue weighted by atomic mass is 9.95. The number of piperidine rings is 1. The van der Waals surface area contributed by atoms with Crippen molar-refractivity contribution >= 4 is 11.6 Å². The Balaban J connectivity index is 1.34. The normalized spacial score (nSPS) is 20.6. The van der Waals surface area contributed by atoms with Crippen molar-refractivity contribution in [2.75, 3.05) is 19.6 Å². The SMILES string of the molecule is Clc1cccc2c1CCN(C1CCN(Cc3ccco3)CC1)C2. The number of furan rings is 1. The molecular weight excluding hydrogens is 308 g/mol. The van der Waals surface area contributed by atoms with Gasteiger partial charge in [-0.25, -0.2) is 0 Å². The summed E-state index contributed by atoms with van der Waals surface area (Å²) in [6, 6.07) is 11.1. The zero-order valence-electron chi connectivity index (χ0n) is 13.4. The fraction of sp³-hybridized carbons (Fsp3) is 0.474. The van der Waals surface area contributed by atoms with Gasteiger partial charge in [-0.15, -0.1) is 0 Å². The Morgan fingerprint density at radius 3 is 2.74 bits per heavy atom. The average Bonchev–Trinajstić information content (AvgIpc) is 3.08. The molecule has 23 heavy (non-hydrogen) atoms. The number of benzene rings is 1. The van der Waals surface area contributed by atoms with E-state index in [4.69, 9.17) is 16.0 Å². The smallest absolute Gasteiger partial charge is 0.117 e. The van der Waals surface area contributed by atoms with Crippen molar-refractivity contribution < 1.29 is 4.42 Å². The third-order valence-electron chi connectivity index (χ3n) is 5.27. The molecule has 0 bridgehead atoms. The first kappa shape index (κ1) is 15.3. The molecule has 1 saturated heterocycles. The van der Waals surface area contributed by atoms with Gasteiger partial charge in [0.25, 0.3) is 0 Å². The van der Waals surface area contributed by atoms with Crippen LogP contribution in [0.25, 0.3) is 0 Å². The predicted molar refractivity (Wildman–Crippen MR) is 92.6 cm³/mol. The number of rotatable bonds is 3. The van der Waals surface area contributed by atoms with Gasteiger partial charge in [-0.05, 0) is 48.6 Å². The Kier molecular flexibility index (Phi) is 4.43. The Labute approximate surface area is 142 Å². The maximum absolute atomic E-state index is 6.33. The van der Waals surface area contributed by atoms with E-state index in [1.165, 1.54) is 24.0 Å². The fourth-order valence-electron chi connectivity index (χ4n) is 3.96. The highest BCUT2D eigenvalue weighted by Crippen LogP contribution is 2.29. The van der Waals surface area contributed by atoms with Crippen molar-refractivity contribution in [3.05, 3.63) is 58.5 Å². The Bertz CT molecular complexity index is 647. The van der Waals surface area contributed by atoms with Crippen LogP contribution in [0.1, 0.15) is 29.7 Å². The first-order chi connectivity index (χ1) is 11.3. The number of fused-ring (bicyclic) bond motifs is 1. The third kappa shape index (κ3) is 3.32. The predicted octanol–water partition coefficient (Wildman–Crippen LogP) is 3.96. The summed E-state index contributed by atoms with van der Waals surface area (Å²) in [6.45, 7) is 5.45. The van der Waals surface area contributed by atoms with Crippen LogP contribution in [-0.2, 0) is 19.5 Å². The monoisotopic (exact) mass is 330 g/mol. The Hall–Kier alpha value is -1.29. The van der Waals surface area contributed by atoms with Crippen LogP contribution >= 0.6 is 11.6 Å². The van der Waals surface area contributed by atoms with Crippen molar-refractivity contribution in [3.8, 4) is 0 Å². The van der Waals surface area contributed by atoms with E-state index < -0.39 is 0 Å². The molecule has 2 aromatic rings. The molecule has 1 aromatic carbocycles. The molecule has 1 fully saturated rings. The Morgan fingerprint density at radius 2 is 1.96 bits per heavy atom. The van der Waals surface area contributed by atoms with Crippen LogP contribution in [0.5, 0.6) is 0 Å². The lowest BCUT2D eigenvalue weighted by molar-refractivity contribution is 0.0915. The molecule has 0 unspecified atom stereocenters. The summed E-state index contributed by atoms with van der Waals surface area (Å²) >= 11 is 6.33. The minimum atomic E-state index is 0.704. The first-order valence-corrected chi connectivity index (χ1v) is 8.92. The van der Waals surface area contributed by atoms with E-state index in [9.17, 15) is 0 Å². The molecule has 3 nitrogen and oxygen atoms in total. The molecule has 0 atom stereocenters. The van der Waals surface area contributed by atoms with Crippen LogP contribution in [0.3, 0.4) is 0 Å². The number of halogens is 1. The van der Waals surface area contributed by atoms with E-state index in [0.717, 1.165) is 49.9 Å². The molecule has 1 aromatic heterocycles. The van der Waals surface area contributed by atoms with Gasteiger partial charge in [0, 0.05) is 37.2 Å². The second-order valence-corrected chi connectivity index (χ2v) is 7.09. The van der Waals surface area contributed by atoms with E-state index >= 15 is 0 Å². The zero-order valence-corrected chi connectivity index (χ0v) is 14.1. The number of nitrogens with zero attached hydrogens (tertiary/aromatic N) is 2. The van der Waals surface area contributed by atoms with Gasteiger partial charge in [0.15, 0.2) is 0 Å². The van der Waals surface area contributed by atoms with Crippen LogP contribution < -0.4 is 0 Å². The highest BCUT2D eigenvalue weighted by Gasteiger charge is 2.28. The van der Waals surface area contributed by atoms with Crippen molar-refractivity contribution in [3.63, 3.8) is 0 Å². The molecule has 122 valence electrons. The number of hydrogen-bond donors (Lipinski definition) is 0. The summed E-state index contributed by atoms with van der Waals surface area (Å²) in [4.78, 5) is 5.16. The standard InChI is InChI=1S/C19H23ClN2O/c20-19-5-1-3-15-13-22(11-8-18(15)19)16-6-9-21(10-7-16)14-17-4-2-12-23-17/h1-5,12,16H,6-11,13-14H2. The van der Waals surface area contributed by atoms with Crippen LogP contribution in [0.4, 0.5) is 0 Å². The topological polar surface area (TPSA) is 19.6 Å². The van der Waals surface area contributed by atoms with E-state index in [-0.39, 0.29) is 0 Å². The molecule has 0 radical (unpaired) electrons. The highest BCUT2D eigenvalue weighted by atomic mass is 35.5. The molecule has 4 rings (SSSR count). The van der Waals surface area contributed by atoms with E-state index in [0.29, 0.717) is 6.04 Å². The molecule has 0 amide bonds. The molecule has 0 N–H and O–H groups in total. The minimum absolute atomic E-state index is 0.704. The maximum Gasteiger partial charge on any atom is 0.117 e. The Morgan fingerprint density at radius 1 is 1.09 bits per heavy atom. The zero-order chi connectivity index (χ0) is 15.6. The molecular formula is C19H23ClN2O. The third-order valence-corrected chi connectivity index (χ3v) is 5.63. The second-order valence-electron chi connectivity index (χ2n) is 6.68. The molecule has 2 aliphatic rings. The van der Waals surface area contributed by atoms with Gasteiger partial charge in [0.2, 0.25) is 0 Å². The summed E-state index contributed by atoms with van der Waals surface area (Å²) in [6.07, 6.45) is 5.34. The number of hydrogen-bond acceptors (Lipinski definition) is 3. The molecule has 3 heterocycles. The second kappa shape index (κ2) is 6.68. The van der Waals surface area contributed by atoms with Gasteiger partial charge in [0.05, 0.1) is 12.8 Å². The summed E-state index contributed by atoms with van der Waals surface area (Å²) in [5.41, 5.74) is 2.78. The lowest BCUT2D eigenvalue weighted by Crippen LogP contribution is -2.46. The van der Waals surface area contributed by atoms with Crippen molar-refractivity contribution in [2.24, 2.45) is 0 Å². The minimum Gasteiger partial charge on any atom is -0.468 e.